The quantitative estimate of drug-likeness (QED) is 0.591. The highest BCUT2D eigenvalue weighted by atomic mass is 32.1. The van der Waals surface area contributed by atoms with Gasteiger partial charge in [0.25, 0.3) is 5.56 Å². The van der Waals surface area contributed by atoms with E-state index in [0.717, 1.165) is 114 Å². The summed E-state index contributed by atoms with van der Waals surface area (Å²) in [6, 6.07) is 0. The van der Waals surface area contributed by atoms with Gasteiger partial charge in [0.1, 0.15) is 0 Å². The molecule has 2 aliphatic heterocycles. The van der Waals surface area contributed by atoms with Crippen LogP contribution in [0.2, 0.25) is 0 Å². The van der Waals surface area contributed by atoms with E-state index in [0.29, 0.717) is 11.5 Å². The lowest BCUT2D eigenvalue weighted by Gasteiger charge is -2.34. The lowest BCUT2D eigenvalue weighted by Crippen LogP contribution is -2.47. The molecule has 0 spiro atoms. The van der Waals surface area contributed by atoms with Crippen LogP contribution in [0.15, 0.2) is 4.79 Å². The van der Waals surface area contributed by atoms with Crippen LogP contribution in [-0.2, 0) is 17.6 Å². The largest absolute Gasteiger partial charge is 0.356 e. The number of nitrogens with one attached hydrogen (secondary N) is 1. The summed E-state index contributed by atoms with van der Waals surface area (Å²) in [6.07, 6.45) is 6.68. The molecule has 2 saturated heterocycles. The first-order valence-electron chi connectivity index (χ1n) is 13.0. The number of hydrogen-bond donors (Lipinski definition) is 1. The van der Waals surface area contributed by atoms with Crippen molar-refractivity contribution in [2.45, 2.75) is 51.9 Å². The second kappa shape index (κ2) is 10.7. The van der Waals surface area contributed by atoms with Gasteiger partial charge in [-0.05, 0) is 58.0 Å². The summed E-state index contributed by atoms with van der Waals surface area (Å²) in [5, 5.41) is 8.59. The molecule has 0 aromatic carbocycles. The number of hydrogen-bond acceptors (Lipinski definition) is 8. The molecule has 186 valence electrons. The van der Waals surface area contributed by atoms with E-state index in [1.54, 1.807) is 0 Å². The molecule has 10 heteroatoms. The average molecular weight is 488 g/mol. The normalized spacial score (nSPS) is 22.1. The van der Waals surface area contributed by atoms with Crippen LogP contribution in [0.3, 0.4) is 0 Å². The number of aromatic nitrogens is 3. The van der Waals surface area contributed by atoms with E-state index in [-0.39, 0.29) is 17.4 Å². The Labute approximate surface area is 205 Å². The summed E-state index contributed by atoms with van der Waals surface area (Å²) < 4.78 is 1.48. The molecule has 34 heavy (non-hydrogen) atoms. The van der Waals surface area contributed by atoms with Gasteiger partial charge in [-0.1, -0.05) is 18.3 Å². The Morgan fingerprint density at radius 3 is 2.71 bits per heavy atom. The molecule has 1 aliphatic carbocycles. The van der Waals surface area contributed by atoms with Crippen molar-refractivity contribution in [1.82, 2.24) is 29.7 Å². The topological polar surface area (TPSA) is 86.1 Å². The summed E-state index contributed by atoms with van der Waals surface area (Å²) in [6.45, 7) is 11.2. The van der Waals surface area contributed by atoms with E-state index >= 15 is 0 Å². The van der Waals surface area contributed by atoms with Crippen molar-refractivity contribution in [3.05, 3.63) is 21.6 Å². The Bertz CT molecular complexity index is 1060. The van der Waals surface area contributed by atoms with Gasteiger partial charge in [0.05, 0.1) is 11.6 Å². The number of piperidine rings is 1. The number of rotatable bonds is 7. The smallest absolute Gasteiger partial charge is 0.278 e. The summed E-state index contributed by atoms with van der Waals surface area (Å²) >= 11 is 1.47. The third-order valence-corrected chi connectivity index (χ3v) is 8.56. The number of carbonyl (C=O) groups is 1. The zero-order valence-electron chi connectivity index (χ0n) is 20.3. The van der Waals surface area contributed by atoms with Crippen LogP contribution in [0.25, 0.3) is 4.96 Å². The molecule has 2 aromatic rings. The fourth-order valence-electron chi connectivity index (χ4n) is 5.44. The molecular formula is C24H37N7O2S. The van der Waals surface area contributed by atoms with Gasteiger partial charge in [0, 0.05) is 51.4 Å². The molecule has 0 bridgehead atoms. The Balaban J connectivity index is 1.14. The van der Waals surface area contributed by atoms with Crippen LogP contribution in [0.5, 0.6) is 0 Å². The first kappa shape index (κ1) is 23.7. The van der Waals surface area contributed by atoms with Crippen LogP contribution in [0.4, 0.5) is 5.13 Å². The molecule has 2 fully saturated rings. The Kier molecular flexibility index (Phi) is 7.46. The molecule has 4 heterocycles. The maximum atomic E-state index is 12.9. The number of aryl methyl sites for hydroxylation is 1. The first-order valence-corrected chi connectivity index (χ1v) is 13.8. The number of likely N-dealkylation sites (N-methyl/N-ethyl adjacent to an activating group) is 1. The molecule has 5 rings (SSSR count). The fraction of sp³-hybridized carbons (Fsp3) is 0.750. The number of anilines is 1. The van der Waals surface area contributed by atoms with Crippen molar-refractivity contribution in [3.8, 4) is 0 Å². The van der Waals surface area contributed by atoms with Gasteiger partial charge in [-0.25, -0.2) is 4.98 Å². The number of carbonyl (C=O) groups excluding carboxylic acids is 1. The second-order valence-corrected chi connectivity index (χ2v) is 10.8. The third kappa shape index (κ3) is 5.13. The summed E-state index contributed by atoms with van der Waals surface area (Å²) in [5.74, 6) is 0.110. The van der Waals surface area contributed by atoms with Gasteiger partial charge in [0.2, 0.25) is 16.0 Å². The van der Waals surface area contributed by atoms with Gasteiger partial charge in [-0.2, -0.15) is 4.52 Å². The van der Waals surface area contributed by atoms with Crippen LogP contribution in [-0.4, -0.2) is 89.2 Å². The van der Waals surface area contributed by atoms with Gasteiger partial charge >= 0.3 is 0 Å². The van der Waals surface area contributed by atoms with Crippen LogP contribution in [0.1, 0.15) is 50.3 Å². The highest BCUT2D eigenvalue weighted by molar-refractivity contribution is 7.20. The van der Waals surface area contributed by atoms with Crippen molar-refractivity contribution in [1.29, 1.82) is 0 Å². The van der Waals surface area contributed by atoms with Crippen LogP contribution in [0, 0.1) is 5.92 Å². The molecule has 1 N–H and O–H groups in total. The van der Waals surface area contributed by atoms with Crippen molar-refractivity contribution in [2.24, 2.45) is 5.92 Å². The van der Waals surface area contributed by atoms with Crippen LogP contribution < -0.4 is 15.8 Å². The minimum Gasteiger partial charge on any atom is -0.356 e. The van der Waals surface area contributed by atoms with E-state index in [1.807, 2.05) is 0 Å². The Morgan fingerprint density at radius 2 is 1.88 bits per heavy atom. The standard InChI is InChI=1S/C24H37N7O2S/c1-2-28-13-15-29(16-14-28)11-6-10-25-21(32)18-7-5-12-30(17-18)24-27-31-22(33)19-8-3-4-9-20(19)26-23(31)34-24/h18H,2-17H2,1H3,(H,25,32)/t18-/m1/s1. The van der Waals surface area contributed by atoms with Gasteiger partial charge < -0.3 is 20.0 Å². The Morgan fingerprint density at radius 1 is 1.09 bits per heavy atom. The van der Waals surface area contributed by atoms with Gasteiger partial charge in [0.15, 0.2) is 0 Å². The van der Waals surface area contributed by atoms with E-state index in [2.05, 4.69) is 32.0 Å². The summed E-state index contributed by atoms with van der Waals surface area (Å²) in [7, 11) is 0. The average Bonchev–Trinajstić information content (AvgIpc) is 3.32. The summed E-state index contributed by atoms with van der Waals surface area (Å²) in [5.41, 5.74) is 1.78. The van der Waals surface area contributed by atoms with Crippen LogP contribution >= 0.6 is 11.3 Å². The molecule has 3 aliphatic rings. The van der Waals surface area contributed by atoms with E-state index in [1.165, 1.54) is 15.9 Å². The lowest BCUT2D eigenvalue weighted by molar-refractivity contribution is -0.125. The minimum absolute atomic E-state index is 0.00962. The molecule has 9 nitrogen and oxygen atoms in total. The maximum Gasteiger partial charge on any atom is 0.278 e. The van der Waals surface area contributed by atoms with E-state index < -0.39 is 0 Å². The first-order chi connectivity index (χ1) is 16.6. The summed E-state index contributed by atoms with van der Waals surface area (Å²) in [4.78, 5) is 38.4. The molecule has 0 saturated carbocycles. The van der Waals surface area contributed by atoms with E-state index in [9.17, 15) is 9.59 Å². The third-order valence-electron chi connectivity index (χ3n) is 7.59. The molecule has 2 aromatic heterocycles. The predicted octanol–water partition coefficient (Wildman–Crippen LogP) is 1.39. The SMILES string of the molecule is CCN1CCN(CCCNC(=O)[C@@H]2CCCN(c3nn4c(=O)c5c(nc4s3)CCCC5)C2)CC1. The maximum absolute atomic E-state index is 12.9. The number of amides is 1. The van der Waals surface area contributed by atoms with Crippen molar-refractivity contribution < 1.29 is 4.79 Å². The highest BCUT2D eigenvalue weighted by Gasteiger charge is 2.28. The molecule has 1 amide bonds. The lowest BCUT2D eigenvalue weighted by atomic mass is 9.97. The molecule has 0 radical (unpaired) electrons. The fourth-order valence-corrected chi connectivity index (χ4v) is 6.39. The van der Waals surface area contributed by atoms with Crippen molar-refractivity contribution in [3.63, 3.8) is 0 Å². The van der Waals surface area contributed by atoms with Crippen molar-refractivity contribution >= 4 is 27.3 Å². The highest BCUT2D eigenvalue weighted by Crippen LogP contribution is 2.28. The van der Waals surface area contributed by atoms with Gasteiger partial charge in [-0.15, -0.1) is 5.10 Å². The monoisotopic (exact) mass is 487 g/mol. The molecular weight excluding hydrogens is 450 g/mol. The number of nitrogens with zero attached hydrogens (tertiary/aromatic N) is 6. The Hall–Kier alpha value is -2.04. The molecule has 0 unspecified atom stereocenters. The zero-order valence-corrected chi connectivity index (χ0v) is 21.1. The minimum atomic E-state index is -0.0354. The molecule has 1 atom stereocenters. The van der Waals surface area contributed by atoms with Gasteiger partial charge in [-0.3, -0.25) is 9.59 Å². The van der Waals surface area contributed by atoms with E-state index in [4.69, 9.17) is 4.98 Å². The van der Waals surface area contributed by atoms with Crippen molar-refractivity contribution in [2.75, 3.05) is 63.8 Å². The number of fused-ring (bicyclic) bond motifs is 2. The number of piperazine rings is 1. The predicted molar refractivity (Wildman–Crippen MR) is 135 cm³/mol. The second-order valence-electron chi connectivity index (χ2n) is 9.83. The zero-order chi connectivity index (χ0) is 23.5.